The number of hydrogen-bond donors (Lipinski definition) is 2. The van der Waals surface area contributed by atoms with E-state index in [-0.39, 0.29) is 0 Å². The molecule has 0 heterocycles. The molecule has 0 bridgehead atoms. The van der Waals surface area contributed by atoms with Gasteiger partial charge in [0, 0.05) is 10.9 Å². The van der Waals surface area contributed by atoms with Gasteiger partial charge in [-0.05, 0) is 30.5 Å². The summed E-state index contributed by atoms with van der Waals surface area (Å²) in [6, 6.07) is 7.93. The van der Waals surface area contributed by atoms with Gasteiger partial charge in [0.1, 0.15) is 0 Å². The first-order chi connectivity index (χ1) is 8.60. The summed E-state index contributed by atoms with van der Waals surface area (Å²) in [6.45, 7) is 0. The van der Waals surface area contributed by atoms with Gasteiger partial charge in [0.2, 0.25) is 0 Å². The summed E-state index contributed by atoms with van der Waals surface area (Å²) < 4.78 is 1.04. The lowest BCUT2D eigenvalue weighted by atomic mass is 9.85. The maximum Gasteiger partial charge on any atom is 0.0908 e. The van der Waals surface area contributed by atoms with Gasteiger partial charge in [-0.3, -0.25) is 0 Å². The van der Waals surface area contributed by atoms with Crippen molar-refractivity contribution in [3.05, 3.63) is 34.3 Å². The number of hydrogen-bond acceptors (Lipinski definition) is 2. The van der Waals surface area contributed by atoms with E-state index in [1.54, 1.807) is 0 Å². The Bertz CT molecular complexity index is 367. The fourth-order valence-corrected chi connectivity index (χ4v) is 2.97. The average Bonchev–Trinajstić information content (AvgIpc) is 2.58. The predicted molar refractivity (Wildman–Crippen MR) is 76.5 cm³/mol. The first-order valence-electron chi connectivity index (χ1n) is 6.75. The fraction of sp³-hybridized carbons (Fsp3) is 0.600. The van der Waals surface area contributed by atoms with Crippen LogP contribution in [0.1, 0.15) is 44.1 Å². The third-order valence-corrected chi connectivity index (χ3v) is 4.46. The molecule has 18 heavy (non-hydrogen) atoms. The van der Waals surface area contributed by atoms with Gasteiger partial charge in [0.15, 0.2) is 0 Å². The molecule has 2 nitrogen and oxygen atoms in total. The van der Waals surface area contributed by atoms with E-state index in [0.29, 0.717) is 6.42 Å². The van der Waals surface area contributed by atoms with Crippen molar-refractivity contribution in [2.24, 2.45) is 0 Å². The zero-order valence-electron chi connectivity index (χ0n) is 10.6. The Morgan fingerprint density at radius 3 is 2.17 bits per heavy atom. The molecule has 0 amide bonds. The maximum absolute atomic E-state index is 10.6. The second-order valence-electron chi connectivity index (χ2n) is 5.36. The molecule has 1 aromatic rings. The highest BCUT2D eigenvalue weighted by atomic mass is 79.9. The van der Waals surface area contributed by atoms with E-state index in [1.165, 1.54) is 12.8 Å². The van der Waals surface area contributed by atoms with Gasteiger partial charge in [-0.2, -0.15) is 0 Å². The third kappa shape index (κ3) is 3.56. The van der Waals surface area contributed by atoms with Gasteiger partial charge < -0.3 is 10.2 Å². The van der Waals surface area contributed by atoms with Crippen LogP contribution in [0.2, 0.25) is 0 Å². The van der Waals surface area contributed by atoms with Gasteiger partial charge in [0.25, 0.3) is 0 Å². The minimum absolute atomic E-state index is 0.532. The van der Waals surface area contributed by atoms with Gasteiger partial charge in [-0.25, -0.2) is 0 Å². The second kappa shape index (κ2) is 6.18. The van der Waals surface area contributed by atoms with E-state index in [9.17, 15) is 10.2 Å². The van der Waals surface area contributed by atoms with Crippen LogP contribution in [0.15, 0.2) is 28.7 Å². The third-order valence-electron chi connectivity index (χ3n) is 3.93. The van der Waals surface area contributed by atoms with Gasteiger partial charge >= 0.3 is 0 Å². The molecule has 0 aromatic heterocycles. The van der Waals surface area contributed by atoms with E-state index in [2.05, 4.69) is 15.9 Å². The number of aliphatic hydroxyl groups is 2. The zero-order valence-corrected chi connectivity index (χ0v) is 12.2. The number of benzene rings is 1. The zero-order chi connectivity index (χ0) is 13.0. The summed E-state index contributed by atoms with van der Waals surface area (Å²) in [5.74, 6) is 0. The van der Waals surface area contributed by atoms with Crippen molar-refractivity contribution in [1.82, 2.24) is 0 Å². The standard InChI is InChI=1S/C15H21BrO2/c16-13-7-5-12(6-8-13)11-14(17)15(18)9-3-1-2-4-10-15/h5-8,14,17-18H,1-4,9-11H2. The minimum Gasteiger partial charge on any atom is -0.390 e. The molecule has 1 aromatic carbocycles. The topological polar surface area (TPSA) is 40.5 Å². The fourth-order valence-electron chi connectivity index (χ4n) is 2.71. The first-order valence-corrected chi connectivity index (χ1v) is 7.54. The first kappa shape index (κ1) is 14.0. The van der Waals surface area contributed by atoms with Crippen molar-refractivity contribution < 1.29 is 10.2 Å². The van der Waals surface area contributed by atoms with E-state index < -0.39 is 11.7 Å². The highest BCUT2D eigenvalue weighted by molar-refractivity contribution is 9.10. The molecule has 0 radical (unpaired) electrons. The molecular formula is C15H21BrO2. The van der Waals surface area contributed by atoms with E-state index >= 15 is 0 Å². The van der Waals surface area contributed by atoms with Crippen LogP contribution >= 0.6 is 15.9 Å². The van der Waals surface area contributed by atoms with Crippen LogP contribution in [0.25, 0.3) is 0 Å². The Morgan fingerprint density at radius 2 is 1.61 bits per heavy atom. The molecule has 2 rings (SSSR count). The largest absolute Gasteiger partial charge is 0.390 e. The highest BCUT2D eigenvalue weighted by Gasteiger charge is 2.35. The molecule has 1 saturated carbocycles. The van der Waals surface area contributed by atoms with Crippen LogP contribution in [0.5, 0.6) is 0 Å². The summed E-state index contributed by atoms with van der Waals surface area (Å²) >= 11 is 3.40. The van der Waals surface area contributed by atoms with E-state index in [0.717, 1.165) is 35.7 Å². The van der Waals surface area contributed by atoms with Crippen molar-refractivity contribution in [2.45, 2.75) is 56.7 Å². The van der Waals surface area contributed by atoms with Crippen LogP contribution in [0, 0.1) is 0 Å². The molecule has 1 aliphatic rings. The molecule has 100 valence electrons. The summed E-state index contributed by atoms with van der Waals surface area (Å²) in [6.07, 6.45) is 5.72. The van der Waals surface area contributed by atoms with Crippen molar-refractivity contribution >= 4 is 15.9 Å². The van der Waals surface area contributed by atoms with E-state index in [1.807, 2.05) is 24.3 Å². The molecular weight excluding hydrogens is 292 g/mol. The van der Waals surface area contributed by atoms with Crippen LogP contribution in [0.4, 0.5) is 0 Å². The summed E-state index contributed by atoms with van der Waals surface area (Å²) in [5, 5.41) is 20.9. The van der Waals surface area contributed by atoms with Crippen LogP contribution in [-0.2, 0) is 6.42 Å². The Kier molecular flexibility index (Phi) is 4.82. The van der Waals surface area contributed by atoms with Crippen molar-refractivity contribution in [2.75, 3.05) is 0 Å². The van der Waals surface area contributed by atoms with Gasteiger partial charge in [-0.1, -0.05) is 53.7 Å². The predicted octanol–water partition coefficient (Wildman–Crippen LogP) is 3.44. The molecule has 0 saturated heterocycles. The smallest absolute Gasteiger partial charge is 0.0908 e. The van der Waals surface area contributed by atoms with Crippen LogP contribution in [0.3, 0.4) is 0 Å². The lowest BCUT2D eigenvalue weighted by Crippen LogP contribution is -2.43. The van der Waals surface area contributed by atoms with E-state index in [4.69, 9.17) is 0 Å². The average molecular weight is 313 g/mol. The number of rotatable bonds is 3. The van der Waals surface area contributed by atoms with Crippen LogP contribution in [-0.4, -0.2) is 21.9 Å². The Morgan fingerprint density at radius 1 is 1.06 bits per heavy atom. The minimum atomic E-state index is -0.885. The Hall–Kier alpha value is -0.380. The molecule has 1 aliphatic carbocycles. The number of aliphatic hydroxyl groups excluding tert-OH is 1. The monoisotopic (exact) mass is 312 g/mol. The van der Waals surface area contributed by atoms with Gasteiger partial charge in [-0.15, -0.1) is 0 Å². The molecule has 0 spiro atoms. The quantitative estimate of drug-likeness (QED) is 0.839. The molecule has 3 heteroatoms. The summed E-state index contributed by atoms with van der Waals surface area (Å²) in [4.78, 5) is 0. The lowest BCUT2D eigenvalue weighted by molar-refractivity contribution is -0.0836. The molecule has 0 aliphatic heterocycles. The van der Waals surface area contributed by atoms with Gasteiger partial charge in [0.05, 0.1) is 11.7 Å². The number of halogens is 1. The maximum atomic E-state index is 10.6. The molecule has 1 fully saturated rings. The summed E-state index contributed by atoms with van der Waals surface area (Å²) in [7, 11) is 0. The normalized spacial score (nSPS) is 21.3. The van der Waals surface area contributed by atoms with Crippen molar-refractivity contribution in [3.8, 4) is 0 Å². The SMILES string of the molecule is OC(Cc1ccc(Br)cc1)C1(O)CCCCCC1. The Balaban J connectivity index is 2.01. The Labute approximate surface area is 117 Å². The molecule has 1 atom stereocenters. The molecule has 2 N–H and O–H groups in total. The van der Waals surface area contributed by atoms with Crippen molar-refractivity contribution in [1.29, 1.82) is 0 Å². The van der Waals surface area contributed by atoms with Crippen molar-refractivity contribution in [3.63, 3.8) is 0 Å². The highest BCUT2D eigenvalue weighted by Crippen LogP contribution is 2.31. The lowest BCUT2D eigenvalue weighted by Gasteiger charge is -2.32. The second-order valence-corrected chi connectivity index (χ2v) is 6.28. The van der Waals surface area contributed by atoms with Crippen LogP contribution < -0.4 is 0 Å². The summed E-state index contributed by atoms with van der Waals surface area (Å²) in [5.41, 5.74) is 0.187. The molecule has 1 unspecified atom stereocenters.